The first-order valence-electron chi connectivity index (χ1n) is 5.72. The van der Waals surface area contributed by atoms with Crippen LogP contribution in [0.15, 0.2) is 24.4 Å². The summed E-state index contributed by atoms with van der Waals surface area (Å²) in [5, 5.41) is 3.43. The number of hydrogen-bond donors (Lipinski definition) is 1. The van der Waals surface area contributed by atoms with Gasteiger partial charge >= 0.3 is 0 Å². The molecule has 1 aromatic carbocycles. The zero-order chi connectivity index (χ0) is 12.5. The molecule has 1 aliphatic heterocycles. The molecule has 2 aromatic rings. The number of nitrogens with zero attached hydrogens (tertiary/aromatic N) is 1. The lowest BCUT2D eigenvalue weighted by Crippen LogP contribution is -2.11. The highest BCUT2D eigenvalue weighted by Crippen LogP contribution is 2.26. The van der Waals surface area contributed by atoms with Gasteiger partial charge in [0.25, 0.3) is 5.91 Å². The largest absolute Gasteiger partial charge is 0.493 e. The van der Waals surface area contributed by atoms with Gasteiger partial charge in [-0.15, -0.1) is 11.3 Å². The maximum atomic E-state index is 12.0. The molecule has 1 N–H and O–H groups in total. The average molecular weight is 260 g/mol. The lowest BCUT2D eigenvalue weighted by molar-refractivity contribution is 0.102. The molecule has 0 spiro atoms. The summed E-state index contributed by atoms with van der Waals surface area (Å²) in [7, 11) is 0. The lowest BCUT2D eigenvalue weighted by Gasteiger charge is -2.03. The van der Waals surface area contributed by atoms with E-state index >= 15 is 0 Å². The number of ether oxygens (including phenoxy) is 1. The van der Waals surface area contributed by atoms with E-state index in [1.807, 2.05) is 19.1 Å². The zero-order valence-corrected chi connectivity index (χ0v) is 10.7. The normalized spacial score (nSPS) is 12.9. The number of carbonyl (C=O) groups excluding carboxylic acids is 1. The Morgan fingerprint density at radius 2 is 2.39 bits per heavy atom. The second-order valence-corrected chi connectivity index (χ2v) is 5.39. The van der Waals surface area contributed by atoms with Crippen LogP contribution in [-0.2, 0) is 6.42 Å². The Morgan fingerprint density at radius 1 is 1.50 bits per heavy atom. The number of aryl methyl sites for hydroxylation is 1. The van der Waals surface area contributed by atoms with Crippen LogP contribution in [-0.4, -0.2) is 17.5 Å². The van der Waals surface area contributed by atoms with E-state index in [0.717, 1.165) is 22.6 Å². The third-order valence-electron chi connectivity index (χ3n) is 2.79. The summed E-state index contributed by atoms with van der Waals surface area (Å²) < 4.78 is 5.41. The number of rotatable bonds is 2. The Bertz CT molecular complexity index is 607. The molecule has 0 saturated carbocycles. The molecule has 18 heavy (non-hydrogen) atoms. The standard InChI is InChI=1S/C13H12N2O2S/c1-8-7-14-13(18-8)15-12(16)10-2-3-11-9(6-10)4-5-17-11/h2-3,6-7H,4-5H2,1H3,(H,14,15,16). The SMILES string of the molecule is Cc1cnc(NC(=O)c2ccc3c(c2)CCO3)s1. The van der Waals surface area contributed by atoms with E-state index < -0.39 is 0 Å². The first kappa shape index (κ1) is 11.2. The number of thiazole rings is 1. The van der Waals surface area contributed by atoms with Crippen molar-refractivity contribution in [2.45, 2.75) is 13.3 Å². The van der Waals surface area contributed by atoms with E-state index in [4.69, 9.17) is 4.74 Å². The molecular formula is C13H12N2O2S. The summed E-state index contributed by atoms with van der Waals surface area (Å²) in [5.41, 5.74) is 1.74. The van der Waals surface area contributed by atoms with Gasteiger partial charge in [-0.1, -0.05) is 0 Å². The number of fused-ring (bicyclic) bond motifs is 1. The Hall–Kier alpha value is -1.88. The molecule has 0 saturated heterocycles. The van der Waals surface area contributed by atoms with Gasteiger partial charge in [0, 0.05) is 23.1 Å². The van der Waals surface area contributed by atoms with Crippen LogP contribution < -0.4 is 10.1 Å². The second-order valence-electron chi connectivity index (χ2n) is 4.15. The summed E-state index contributed by atoms with van der Waals surface area (Å²) in [4.78, 5) is 17.2. The van der Waals surface area contributed by atoms with Gasteiger partial charge in [-0.2, -0.15) is 0 Å². The smallest absolute Gasteiger partial charge is 0.257 e. The molecule has 0 fully saturated rings. The first-order chi connectivity index (χ1) is 8.72. The molecule has 0 bridgehead atoms. The maximum absolute atomic E-state index is 12.0. The molecule has 1 aromatic heterocycles. The highest BCUT2D eigenvalue weighted by molar-refractivity contribution is 7.15. The van der Waals surface area contributed by atoms with Crippen molar-refractivity contribution in [1.29, 1.82) is 0 Å². The van der Waals surface area contributed by atoms with Gasteiger partial charge in [-0.25, -0.2) is 4.98 Å². The number of aromatic nitrogens is 1. The van der Waals surface area contributed by atoms with E-state index in [-0.39, 0.29) is 5.91 Å². The third kappa shape index (κ3) is 2.09. The summed E-state index contributed by atoms with van der Waals surface area (Å²) in [6.07, 6.45) is 2.61. The van der Waals surface area contributed by atoms with Gasteiger partial charge < -0.3 is 4.74 Å². The van der Waals surface area contributed by atoms with Crippen molar-refractivity contribution >= 4 is 22.4 Å². The molecule has 92 valence electrons. The van der Waals surface area contributed by atoms with Crippen LogP contribution in [0.2, 0.25) is 0 Å². The van der Waals surface area contributed by atoms with E-state index in [1.54, 1.807) is 12.3 Å². The summed E-state index contributed by atoms with van der Waals surface area (Å²) in [6.45, 7) is 2.66. The number of nitrogens with one attached hydrogen (secondary N) is 1. The molecule has 0 radical (unpaired) electrons. The molecule has 0 unspecified atom stereocenters. The van der Waals surface area contributed by atoms with Crippen LogP contribution in [0.1, 0.15) is 20.8 Å². The summed E-state index contributed by atoms with van der Waals surface area (Å²) >= 11 is 1.47. The maximum Gasteiger partial charge on any atom is 0.257 e. The van der Waals surface area contributed by atoms with Crippen molar-refractivity contribution in [3.63, 3.8) is 0 Å². The minimum atomic E-state index is -0.126. The lowest BCUT2D eigenvalue weighted by atomic mass is 10.1. The first-order valence-corrected chi connectivity index (χ1v) is 6.53. The van der Waals surface area contributed by atoms with Crippen molar-refractivity contribution in [1.82, 2.24) is 4.98 Å². The van der Waals surface area contributed by atoms with Crippen LogP contribution in [0.25, 0.3) is 0 Å². The van der Waals surface area contributed by atoms with Gasteiger partial charge in [-0.3, -0.25) is 10.1 Å². The van der Waals surface area contributed by atoms with Crippen LogP contribution in [0, 0.1) is 6.92 Å². The van der Waals surface area contributed by atoms with Gasteiger partial charge in [0.15, 0.2) is 5.13 Å². The molecule has 2 heterocycles. The zero-order valence-electron chi connectivity index (χ0n) is 9.90. The van der Waals surface area contributed by atoms with E-state index in [2.05, 4.69) is 10.3 Å². The van der Waals surface area contributed by atoms with Crippen molar-refractivity contribution < 1.29 is 9.53 Å². The predicted octanol–water partition coefficient (Wildman–Crippen LogP) is 2.64. The molecule has 1 amide bonds. The van der Waals surface area contributed by atoms with Gasteiger partial charge in [0.2, 0.25) is 0 Å². The molecule has 5 heteroatoms. The number of carbonyl (C=O) groups is 1. The van der Waals surface area contributed by atoms with Gasteiger partial charge in [0.1, 0.15) is 5.75 Å². The molecular weight excluding hydrogens is 248 g/mol. The third-order valence-corrected chi connectivity index (χ3v) is 3.62. The summed E-state index contributed by atoms with van der Waals surface area (Å²) in [5.74, 6) is 0.760. The van der Waals surface area contributed by atoms with Crippen LogP contribution in [0.3, 0.4) is 0 Å². The molecule has 0 aliphatic carbocycles. The van der Waals surface area contributed by atoms with Crippen molar-refractivity contribution in [3.8, 4) is 5.75 Å². The Kier molecular flexibility index (Phi) is 2.76. The molecule has 3 rings (SSSR count). The quantitative estimate of drug-likeness (QED) is 0.903. The number of amides is 1. The Morgan fingerprint density at radius 3 is 3.17 bits per heavy atom. The Labute approximate surface area is 109 Å². The van der Waals surface area contributed by atoms with Crippen LogP contribution in [0.5, 0.6) is 5.75 Å². The number of anilines is 1. The topological polar surface area (TPSA) is 51.2 Å². The van der Waals surface area contributed by atoms with Gasteiger partial charge in [0.05, 0.1) is 6.61 Å². The molecule has 1 aliphatic rings. The number of benzene rings is 1. The van der Waals surface area contributed by atoms with Crippen molar-refractivity contribution in [2.24, 2.45) is 0 Å². The average Bonchev–Trinajstić information content (AvgIpc) is 2.96. The van der Waals surface area contributed by atoms with E-state index in [0.29, 0.717) is 17.3 Å². The predicted molar refractivity (Wildman–Crippen MR) is 70.4 cm³/mol. The minimum absolute atomic E-state index is 0.126. The minimum Gasteiger partial charge on any atom is -0.493 e. The fourth-order valence-electron chi connectivity index (χ4n) is 1.91. The summed E-state index contributed by atoms with van der Waals surface area (Å²) in [6, 6.07) is 5.52. The van der Waals surface area contributed by atoms with E-state index in [9.17, 15) is 4.79 Å². The highest BCUT2D eigenvalue weighted by Gasteiger charge is 2.15. The van der Waals surface area contributed by atoms with Gasteiger partial charge in [-0.05, 0) is 30.7 Å². The van der Waals surface area contributed by atoms with Crippen molar-refractivity contribution in [3.05, 3.63) is 40.4 Å². The fraction of sp³-hybridized carbons (Fsp3) is 0.231. The van der Waals surface area contributed by atoms with Crippen LogP contribution >= 0.6 is 11.3 Å². The highest BCUT2D eigenvalue weighted by atomic mass is 32.1. The van der Waals surface area contributed by atoms with E-state index in [1.165, 1.54) is 11.3 Å². The molecule has 4 nitrogen and oxygen atoms in total. The molecule has 0 atom stereocenters. The van der Waals surface area contributed by atoms with Crippen molar-refractivity contribution in [2.75, 3.05) is 11.9 Å². The second kappa shape index (κ2) is 4.42. The monoisotopic (exact) mass is 260 g/mol. The fourth-order valence-corrected chi connectivity index (χ4v) is 2.57. The van der Waals surface area contributed by atoms with Crippen LogP contribution in [0.4, 0.5) is 5.13 Å². The number of hydrogen-bond acceptors (Lipinski definition) is 4. The Balaban J connectivity index is 1.80.